The van der Waals surface area contributed by atoms with Crippen LogP contribution in [0, 0.1) is 6.92 Å². The number of hydrogen-bond donors (Lipinski definition) is 3. The third-order valence-corrected chi connectivity index (χ3v) is 7.02. The van der Waals surface area contributed by atoms with E-state index in [4.69, 9.17) is 11.6 Å². The molecule has 0 bridgehead atoms. The summed E-state index contributed by atoms with van der Waals surface area (Å²) in [7, 11) is 1.33. The van der Waals surface area contributed by atoms with Gasteiger partial charge < -0.3 is 10.2 Å². The molecule has 1 aromatic heterocycles. The summed E-state index contributed by atoms with van der Waals surface area (Å²) in [4.78, 5) is 26.4. The Hall–Kier alpha value is -3.08. The van der Waals surface area contributed by atoms with Crippen LogP contribution in [-0.4, -0.2) is 50.9 Å². The Kier molecular flexibility index (Phi) is 7.31. The van der Waals surface area contributed by atoms with Gasteiger partial charge in [-0.15, -0.1) is 0 Å². The monoisotopic (exact) mass is 492 g/mol. The van der Waals surface area contributed by atoms with Crippen LogP contribution in [0.5, 0.6) is 0 Å². The van der Waals surface area contributed by atoms with Crippen molar-refractivity contribution in [2.45, 2.75) is 11.8 Å². The molecule has 33 heavy (non-hydrogen) atoms. The van der Waals surface area contributed by atoms with E-state index in [2.05, 4.69) is 10.0 Å². The molecule has 11 heteroatoms. The Morgan fingerprint density at radius 2 is 1.79 bits per heavy atom. The fraction of sp³-hybridized carbons (Fsp3) is 0.273. The fourth-order valence-corrected chi connectivity index (χ4v) is 4.90. The van der Waals surface area contributed by atoms with Gasteiger partial charge in [-0.2, -0.15) is 0 Å². The Balaban J connectivity index is 1.95. The van der Waals surface area contributed by atoms with Gasteiger partial charge in [-0.05, 0) is 37.3 Å². The van der Waals surface area contributed by atoms with Crippen LogP contribution in [0.2, 0.25) is 5.02 Å². The normalized spacial score (nSPS) is 11.6. The van der Waals surface area contributed by atoms with Crippen molar-refractivity contribution in [3.63, 3.8) is 0 Å². The summed E-state index contributed by atoms with van der Waals surface area (Å²) in [6, 6.07) is 12.9. The quantitative estimate of drug-likeness (QED) is 0.432. The molecule has 9 nitrogen and oxygen atoms in total. The molecule has 0 saturated carbocycles. The summed E-state index contributed by atoms with van der Waals surface area (Å²) in [5.41, 5.74) is 0.542. The number of carbonyl (C=O) groups is 1. The van der Waals surface area contributed by atoms with Gasteiger partial charge in [-0.1, -0.05) is 29.8 Å². The minimum Gasteiger partial charge on any atom is -0.346 e. The molecule has 0 spiro atoms. The zero-order chi connectivity index (χ0) is 24.3. The van der Waals surface area contributed by atoms with Crippen LogP contribution in [0.25, 0.3) is 5.69 Å². The highest BCUT2D eigenvalue weighted by Gasteiger charge is 2.25. The van der Waals surface area contributed by atoms with Crippen molar-refractivity contribution in [2.75, 3.05) is 31.9 Å². The van der Waals surface area contributed by atoms with Gasteiger partial charge in [-0.3, -0.25) is 19.0 Å². The maximum atomic E-state index is 13.2. The van der Waals surface area contributed by atoms with Crippen molar-refractivity contribution in [3.05, 3.63) is 75.2 Å². The molecule has 2 aromatic carbocycles. The first-order chi connectivity index (χ1) is 15.5. The largest absolute Gasteiger partial charge is 0.346 e. The van der Waals surface area contributed by atoms with Crippen LogP contribution in [-0.2, 0) is 17.1 Å². The van der Waals surface area contributed by atoms with Crippen LogP contribution < -0.4 is 20.5 Å². The highest BCUT2D eigenvalue weighted by Crippen LogP contribution is 2.25. The van der Waals surface area contributed by atoms with Gasteiger partial charge in [0.2, 0.25) is 0 Å². The number of sulfonamides is 1. The van der Waals surface area contributed by atoms with Gasteiger partial charge in [-0.25, -0.2) is 13.1 Å². The van der Waals surface area contributed by atoms with Crippen molar-refractivity contribution in [3.8, 4) is 5.69 Å². The van der Waals surface area contributed by atoms with Gasteiger partial charge in [0.15, 0.2) is 0 Å². The van der Waals surface area contributed by atoms with E-state index >= 15 is 0 Å². The number of amides is 1. The lowest BCUT2D eigenvalue weighted by Crippen LogP contribution is -3.06. The van der Waals surface area contributed by atoms with Gasteiger partial charge in [0.25, 0.3) is 21.5 Å². The van der Waals surface area contributed by atoms with E-state index in [9.17, 15) is 18.0 Å². The summed E-state index contributed by atoms with van der Waals surface area (Å²) in [6.07, 6.45) is 0. The van der Waals surface area contributed by atoms with Gasteiger partial charge in [0.05, 0.1) is 43.6 Å². The first kappa shape index (κ1) is 24.6. The molecule has 0 aliphatic carbocycles. The summed E-state index contributed by atoms with van der Waals surface area (Å²) < 4.78 is 31.6. The molecule has 0 unspecified atom stereocenters. The van der Waals surface area contributed by atoms with E-state index in [0.29, 0.717) is 24.5 Å². The Morgan fingerprint density at radius 3 is 2.42 bits per heavy atom. The topological polar surface area (TPSA) is 107 Å². The number of halogens is 1. The summed E-state index contributed by atoms with van der Waals surface area (Å²) in [5.74, 6) is -0.410. The Labute approximate surface area is 197 Å². The maximum Gasteiger partial charge on any atom is 0.296 e. The molecule has 176 valence electrons. The first-order valence-corrected chi connectivity index (χ1v) is 12.1. The van der Waals surface area contributed by atoms with E-state index in [1.165, 1.54) is 27.8 Å². The van der Waals surface area contributed by atoms with E-state index in [0.717, 1.165) is 0 Å². The van der Waals surface area contributed by atoms with Crippen molar-refractivity contribution in [2.24, 2.45) is 7.05 Å². The van der Waals surface area contributed by atoms with Crippen molar-refractivity contribution < 1.29 is 18.1 Å². The number of anilines is 1. The standard InChI is InChI=1S/C22H26ClN5O4S/c1-15-20(22(30)28(27(15)4)17-8-6-5-7-9-17)25-33(31,32)19-14-16(10-11-18(19)23)21(29)24-12-13-26(2)3/h5-11,14,25H,12-13H2,1-4H3,(H,24,29)/p+1. The molecule has 3 N–H and O–H groups in total. The number of likely N-dealkylation sites (N-methyl/N-ethyl adjacent to an activating group) is 1. The molecule has 1 amide bonds. The minimum atomic E-state index is -4.26. The molecule has 0 atom stereocenters. The predicted molar refractivity (Wildman–Crippen MR) is 128 cm³/mol. The van der Waals surface area contributed by atoms with Crippen LogP contribution in [0.15, 0.2) is 58.2 Å². The second-order valence-corrected chi connectivity index (χ2v) is 9.96. The number of nitrogens with one attached hydrogen (secondary N) is 3. The lowest BCUT2D eigenvalue weighted by atomic mass is 10.2. The predicted octanol–water partition coefficient (Wildman–Crippen LogP) is 0.813. The number of carbonyl (C=O) groups excluding carboxylic acids is 1. The van der Waals surface area contributed by atoms with Crippen molar-refractivity contribution in [1.82, 2.24) is 14.7 Å². The molecule has 0 radical (unpaired) electrons. The SMILES string of the molecule is Cc1c(NS(=O)(=O)c2cc(C(=O)NCC[NH+](C)C)ccc2Cl)c(=O)n(-c2ccccc2)n1C. The lowest BCUT2D eigenvalue weighted by molar-refractivity contribution is -0.856. The van der Waals surface area contributed by atoms with Crippen LogP contribution >= 0.6 is 11.6 Å². The number of quaternary nitrogens is 1. The number of rotatable bonds is 8. The lowest BCUT2D eigenvalue weighted by Gasteiger charge is -2.11. The van der Waals surface area contributed by atoms with Gasteiger partial charge in [0, 0.05) is 12.6 Å². The van der Waals surface area contributed by atoms with E-state index in [1.807, 2.05) is 20.2 Å². The maximum absolute atomic E-state index is 13.2. The molecule has 0 aliphatic heterocycles. The minimum absolute atomic E-state index is 0.0613. The second-order valence-electron chi connectivity index (χ2n) is 7.90. The molecule has 0 fully saturated rings. The highest BCUT2D eigenvalue weighted by molar-refractivity contribution is 7.92. The number of benzene rings is 2. The zero-order valence-electron chi connectivity index (χ0n) is 18.8. The van der Waals surface area contributed by atoms with Gasteiger partial charge in [0.1, 0.15) is 10.6 Å². The fourth-order valence-electron chi connectivity index (χ4n) is 3.25. The third-order valence-electron chi connectivity index (χ3n) is 5.18. The molecule has 3 rings (SSSR count). The first-order valence-electron chi connectivity index (χ1n) is 10.3. The number of nitrogens with zero attached hydrogens (tertiary/aromatic N) is 2. The summed E-state index contributed by atoms with van der Waals surface area (Å²) in [6.45, 7) is 2.79. The molecule has 3 aromatic rings. The number of aromatic nitrogens is 2. The van der Waals surface area contributed by atoms with Crippen LogP contribution in [0.4, 0.5) is 5.69 Å². The third kappa shape index (κ3) is 5.29. The number of hydrogen-bond acceptors (Lipinski definition) is 4. The molecular formula is C22H27ClN5O4S+. The average molecular weight is 493 g/mol. The second kappa shape index (κ2) is 9.82. The van der Waals surface area contributed by atoms with Crippen LogP contribution in [0.1, 0.15) is 16.1 Å². The van der Waals surface area contributed by atoms with E-state index in [-0.39, 0.29) is 21.2 Å². The summed E-state index contributed by atoms with van der Waals surface area (Å²) in [5, 5.41) is 2.69. The average Bonchev–Trinajstić information content (AvgIpc) is 2.97. The van der Waals surface area contributed by atoms with Crippen LogP contribution in [0.3, 0.4) is 0 Å². The Bertz CT molecular complexity index is 1330. The zero-order valence-corrected chi connectivity index (χ0v) is 20.4. The van der Waals surface area contributed by atoms with E-state index < -0.39 is 21.5 Å². The molecular weight excluding hydrogens is 466 g/mol. The molecule has 0 saturated heterocycles. The van der Waals surface area contributed by atoms with Gasteiger partial charge >= 0.3 is 0 Å². The van der Waals surface area contributed by atoms with Crippen molar-refractivity contribution >= 4 is 33.2 Å². The highest BCUT2D eigenvalue weighted by atomic mass is 35.5. The molecule has 1 heterocycles. The Morgan fingerprint density at radius 1 is 1.12 bits per heavy atom. The number of para-hydroxylation sites is 1. The van der Waals surface area contributed by atoms with Crippen molar-refractivity contribution in [1.29, 1.82) is 0 Å². The smallest absolute Gasteiger partial charge is 0.296 e. The summed E-state index contributed by atoms with van der Waals surface area (Å²) >= 11 is 6.17. The molecule has 0 aliphatic rings. The van der Waals surface area contributed by atoms with E-state index in [1.54, 1.807) is 42.9 Å².